The molecule has 0 unspecified atom stereocenters. The van der Waals surface area contributed by atoms with Gasteiger partial charge >= 0.3 is 5.97 Å². The van der Waals surface area contributed by atoms with Crippen LogP contribution in [0.5, 0.6) is 0 Å². The summed E-state index contributed by atoms with van der Waals surface area (Å²) < 4.78 is 4.40. The Morgan fingerprint density at radius 1 is 1.80 bits per heavy atom. The van der Waals surface area contributed by atoms with Crippen LogP contribution in [-0.4, -0.2) is 18.1 Å². The zero-order valence-electron chi connectivity index (χ0n) is 5.50. The smallest absolute Gasteiger partial charge is 0.357 e. The van der Waals surface area contributed by atoms with E-state index in [0.717, 1.165) is 0 Å². The fraction of sp³-hybridized carbons (Fsp3) is 0.143. The van der Waals surface area contributed by atoms with Gasteiger partial charge in [-0.3, -0.25) is 0 Å². The highest BCUT2D eigenvalue weighted by Crippen LogP contribution is 1.92. The lowest BCUT2D eigenvalue weighted by molar-refractivity contribution is 0.0593. The zero-order valence-corrected chi connectivity index (χ0v) is 5.50. The van der Waals surface area contributed by atoms with Crippen LogP contribution < -0.4 is 0 Å². The summed E-state index contributed by atoms with van der Waals surface area (Å²) in [6, 6.07) is 5.93. The van der Waals surface area contributed by atoms with E-state index in [9.17, 15) is 4.79 Å². The lowest BCUT2D eigenvalue weighted by Gasteiger charge is -1.93. The number of hydrogen-bond donors (Lipinski definition) is 0. The molecule has 51 valence electrons. The fourth-order valence-corrected chi connectivity index (χ4v) is 0.533. The molecular weight excluding hydrogens is 130 g/mol. The molecule has 0 atom stereocenters. The molecule has 1 aromatic heterocycles. The van der Waals surface area contributed by atoms with Gasteiger partial charge in [0.2, 0.25) is 0 Å². The topological polar surface area (TPSA) is 39.2 Å². The summed E-state index contributed by atoms with van der Waals surface area (Å²) in [4.78, 5) is 14.4. The third kappa shape index (κ3) is 1.31. The molecule has 0 aromatic carbocycles. The minimum absolute atomic E-state index is 0.213. The SMILES string of the molecule is COC(=O)c1[c]cccn1. The zero-order chi connectivity index (χ0) is 7.40. The first-order valence-corrected chi connectivity index (χ1v) is 2.75. The number of pyridine rings is 1. The standard InChI is InChI=1S/C7H6NO2/c1-10-7(9)6-4-2-3-5-8-6/h2-3,5H,1H3. The number of esters is 1. The average molecular weight is 136 g/mol. The number of carbonyl (C=O) groups is 1. The van der Waals surface area contributed by atoms with Crippen LogP contribution in [0.25, 0.3) is 0 Å². The summed E-state index contributed by atoms with van der Waals surface area (Å²) in [6.07, 6.45) is 1.52. The largest absolute Gasteiger partial charge is 0.464 e. The molecule has 1 heterocycles. The van der Waals surface area contributed by atoms with Crippen molar-refractivity contribution in [3.63, 3.8) is 0 Å². The molecule has 0 N–H and O–H groups in total. The Labute approximate surface area is 58.7 Å². The number of rotatable bonds is 1. The van der Waals surface area contributed by atoms with Crippen LogP contribution in [0.15, 0.2) is 18.3 Å². The van der Waals surface area contributed by atoms with Crippen molar-refractivity contribution in [2.75, 3.05) is 7.11 Å². The van der Waals surface area contributed by atoms with Crippen LogP contribution in [0.4, 0.5) is 0 Å². The molecule has 0 spiro atoms. The van der Waals surface area contributed by atoms with Crippen LogP contribution in [0, 0.1) is 6.07 Å². The predicted octanol–water partition coefficient (Wildman–Crippen LogP) is 0.668. The second-order valence-corrected chi connectivity index (χ2v) is 1.62. The summed E-state index contributed by atoms with van der Waals surface area (Å²) in [5.41, 5.74) is 0.213. The molecule has 0 aliphatic carbocycles. The Kier molecular flexibility index (Phi) is 1.99. The normalized spacial score (nSPS) is 8.90. The first kappa shape index (κ1) is 6.74. The van der Waals surface area contributed by atoms with Gasteiger partial charge in [0.1, 0.15) is 0 Å². The molecule has 3 heteroatoms. The number of ether oxygens (including phenoxy) is 1. The number of nitrogens with zero attached hydrogens (tertiary/aromatic N) is 1. The Morgan fingerprint density at radius 3 is 3.10 bits per heavy atom. The van der Waals surface area contributed by atoms with Gasteiger partial charge in [0.15, 0.2) is 5.69 Å². The van der Waals surface area contributed by atoms with Crippen molar-refractivity contribution in [3.05, 3.63) is 30.1 Å². The molecule has 0 fully saturated rings. The Balaban J connectivity index is 2.85. The second kappa shape index (κ2) is 2.96. The maximum Gasteiger partial charge on any atom is 0.357 e. The van der Waals surface area contributed by atoms with Gasteiger partial charge in [0.05, 0.1) is 7.11 Å². The average Bonchev–Trinajstić information content (AvgIpc) is 2.05. The van der Waals surface area contributed by atoms with E-state index in [1.54, 1.807) is 12.1 Å². The molecular formula is C7H6NO2. The lowest BCUT2D eigenvalue weighted by Crippen LogP contribution is -2.02. The second-order valence-electron chi connectivity index (χ2n) is 1.62. The first-order valence-electron chi connectivity index (χ1n) is 2.75. The van der Waals surface area contributed by atoms with Gasteiger partial charge < -0.3 is 4.74 Å². The van der Waals surface area contributed by atoms with E-state index in [1.165, 1.54) is 13.3 Å². The highest BCUT2D eigenvalue weighted by molar-refractivity contribution is 5.86. The Morgan fingerprint density at radius 2 is 2.60 bits per heavy atom. The van der Waals surface area contributed by atoms with E-state index in [1.807, 2.05) is 0 Å². The summed E-state index contributed by atoms with van der Waals surface area (Å²) in [5, 5.41) is 0. The monoisotopic (exact) mass is 136 g/mol. The van der Waals surface area contributed by atoms with Crippen LogP contribution in [0.3, 0.4) is 0 Å². The van der Waals surface area contributed by atoms with Crippen molar-refractivity contribution in [2.45, 2.75) is 0 Å². The van der Waals surface area contributed by atoms with Crippen molar-refractivity contribution < 1.29 is 9.53 Å². The van der Waals surface area contributed by atoms with Gasteiger partial charge in [0, 0.05) is 12.3 Å². The predicted molar refractivity (Wildman–Crippen MR) is 34.4 cm³/mol. The van der Waals surface area contributed by atoms with E-state index in [2.05, 4.69) is 15.8 Å². The minimum atomic E-state index is -0.458. The van der Waals surface area contributed by atoms with E-state index >= 15 is 0 Å². The van der Waals surface area contributed by atoms with Crippen molar-refractivity contribution in [1.29, 1.82) is 0 Å². The number of hydrogen-bond acceptors (Lipinski definition) is 3. The van der Waals surface area contributed by atoms with Gasteiger partial charge in [-0.1, -0.05) is 6.07 Å². The van der Waals surface area contributed by atoms with Gasteiger partial charge in [-0.05, 0) is 6.07 Å². The third-order valence-electron chi connectivity index (χ3n) is 0.985. The summed E-state index contributed by atoms with van der Waals surface area (Å²) in [6.45, 7) is 0. The van der Waals surface area contributed by atoms with Gasteiger partial charge in [-0.25, -0.2) is 9.78 Å². The maximum absolute atomic E-state index is 10.7. The highest BCUT2D eigenvalue weighted by Gasteiger charge is 2.03. The van der Waals surface area contributed by atoms with Crippen LogP contribution in [-0.2, 0) is 4.74 Å². The Hall–Kier alpha value is -1.38. The van der Waals surface area contributed by atoms with Crippen molar-refractivity contribution in [2.24, 2.45) is 0 Å². The van der Waals surface area contributed by atoms with Gasteiger partial charge in [-0.2, -0.15) is 0 Å². The number of aromatic nitrogens is 1. The van der Waals surface area contributed by atoms with Gasteiger partial charge in [-0.15, -0.1) is 0 Å². The molecule has 1 rings (SSSR count). The lowest BCUT2D eigenvalue weighted by atomic mass is 10.4. The quantitative estimate of drug-likeness (QED) is 0.532. The molecule has 1 radical (unpaired) electrons. The number of carbonyl (C=O) groups excluding carboxylic acids is 1. The van der Waals surface area contributed by atoms with E-state index < -0.39 is 5.97 Å². The third-order valence-corrected chi connectivity index (χ3v) is 0.985. The number of methoxy groups -OCH3 is 1. The van der Waals surface area contributed by atoms with Crippen molar-refractivity contribution in [3.8, 4) is 0 Å². The molecule has 0 aliphatic rings. The fourth-order valence-electron chi connectivity index (χ4n) is 0.533. The van der Waals surface area contributed by atoms with E-state index in [4.69, 9.17) is 0 Å². The highest BCUT2D eigenvalue weighted by atomic mass is 16.5. The molecule has 1 aromatic rings. The molecule has 3 nitrogen and oxygen atoms in total. The minimum Gasteiger partial charge on any atom is -0.464 e. The summed E-state index contributed by atoms with van der Waals surface area (Å²) in [5.74, 6) is -0.458. The van der Waals surface area contributed by atoms with Crippen molar-refractivity contribution >= 4 is 5.97 Å². The van der Waals surface area contributed by atoms with Crippen LogP contribution >= 0.6 is 0 Å². The van der Waals surface area contributed by atoms with Crippen LogP contribution in [0.1, 0.15) is 10.5 Å². The molecule has 0 bridgehead atoms. The molecule has 10 heavy (non-hydrogen) atoms. The van der Waals surface area contributed by atoms with E-state index in [0.29, 0.717) is 0 Å². The molecule has 0 amide bonds. The molecule has 0 saturated carbocycles. The Bertz CT molecular complexity index is 220. The summed E-state index contributed by atoms with van der Waals surface area (Å²) in [7, 11) is 1.31. The first-order chi connectivity index (χ1) is 4.84. The molecule has 0 saturated heterocycles. The van der Waals surface area contributed by atoms with Crippen LogP contribution in [0.2, 0.25) is 0 Å². The van der Waals surface area contributed by atoms with Crippen molar-refractivity contribution in [1.82, 2.24) is 4.98 Å². The van der Waals surface area contributed by atoms with E-state index in [-0.39, 0.29) is 5.69 Å². The molecule has 0 aliphatic heterocycles. The maximum atomic E-state index is 10.7. The summed E-state index contributed by atoms with van der Waals surface area (Å²) >= 11 is 0. The van der Waals surface area contributed by atoms with Gasteiger partial charge in [0.25, 0.3) is 0 Å².